The molecule has 1 saturated heterocycles. The second kappa shape index (κ2) is 7.76. The van der Waals surface area contributed by atoms with Gasteiger partial charge in [0.05, 0.1) is 12.5 Å². The quantitative estimate of drug-likeness (QED) is 0.822. The molecule has 1 aliphatic heterocycles. The zero-order valence-corrected chi connectivity index (χ0v) is 14.4. The molecule has 2 aromatic carbocycles. The number of hydrogen-bond acceptors (Lipinski definition) is 5. The molecular formula is C18H18FNO4S. The van der Waals surface area contributed by atoms with Crippen LogP contribution in [0, 0.1) is 5.82 Å². The molecule has 0 radical (unpaired) electrons. The number of carboxylic acids is 1. The van der Waals surface area contributed by atoms with E-state index in [1.54, 1.807) is 25.3 Å². The van der Waals surface area contributed by atoms with Gasteiger partial charge in [0.15, 0.2) is 11.6 Å². The van der Waals surface area contributed by atoms with Gasteiger partial charge in [0.1, 0.15) is 18.4 Å². The molecule has 0 saturated carbocycles. The Morgan fingerprint density at radius 3 is 2.80 bits per heavy atom. The van der Waals surface area contributed by atoms with E-state index in [4.69, 9.17) is 14.6 Å². The van der Waals surface area contributed by atoms with E-state index < -0.39 is 17.8 Å². The molecule has 1 aliphatic rings. The van der Waals surface area contributed by atoms with Gasteiger partial charge in [-0.05, 0) is 29.8 Å². The van der Waals surface area contributed by atoms with Crippen LogP contribution in [0.15, 0.2) is 42.5 Å². The molecule has 0 amide bonds. The number of benzene rings is 2. The number of hydrogen-bond donors (Lipinski definition) is 2. The molecule has 7 heteroatoms. The first kappa shape index (κ1) is 17.6. The second-order valence-corrected chi connectivity index (χ2v) is 6.70. The number of nitrogens with one attached hydrogen (secondary N) is 1. The van der Waals surface area contributed by atoms with Gasteiger partial charge in [-0.3, -0.25) is 10.1 Å². The SMILES string of the molecule is COc1ccc(C2NC(C(=O)O)CS2)cc1COc1ccccc1F. The van der Waals surface area contributed by atoms with E-state index in [-0.39, 0.29) is 17.7 Å². The van der Waals surface area contributed by atoms with E-state index in [1.165, 1.54) is 17.8 Å². The smallest absolute Gasteiger partial charge is 0.321 e. The van der Waals surface area contributed by atoms with Crippen LogP contribution in [-0.4, -0.2) is 30.0 Å². The van der Waals surface area contributed by atoms with Crippen LogP contribution in [0.4, 0.5) is 4.39 Å². The number of para-hydroxylation sites is 1. The third-order valence-electron chi connectivity index (χ3n) is 3.91. The third kappa shape index (κ3) is 4.05. The molecule has 132 valence electrons. The molecule has 2 N–H and O–H groups in total. The molecule has 1 heterocycles. The summed E-state index contributed by atoms with van der Waals surface area (Å²) in [5.74, 6) is 0.0429. The highest BCUT2D eigenvalue weighted by atomic mass is 32.2. The lowest BCUT2D eigenvalue weighted by molar-refractivity contribution is -0.138. The summed E-state index contributed by atoms with van der Waals surface area (Å²) in [6.07, 6.45) is 0. The van der Waals surface area contributed by atoms with E-state index in [2.05, 4.69) is 5.32 Å². The molecule has 0 aromatic heterocycles. The monoisotopic (exact) mass is 363 g/mol. The van der Waals surface area contributed by atoms with Crippen LogP contribution in [0.1, 0.15) is 16.5 Å². The fraction of sp³-hybridized carbons (Fsp3) is 0.278. The molecule has 2 atom stereocenters. The maximum atomic E-state index is 13.7. The van der Waals surface area contributed by atoms with Gasteiger partial charge in [-0.25, -0.2) is 4.39 Å². The largest absolute Gasteiger partial charge is 0.496 e. The van der Waals surface area contributed by atoms with Crippen LogP contribution >= 0.6 is 11.8 Å². The Morgan fingerprint density at radius 1 is 1.32 bits per heavy atom. The molecule has 25 heavy (non-hydrogen) atoms. The molecule has 2 aromatic rings. The summed E-state index contributed by atoms with van der Waals surface area (Å²) in [6, 6.07) is 11.3. The van der Waals surface area contributed by atoms with Crippen LogP contribution < -0.4 is 14.8 Å². The van der Waals surface area contributed by atoms with E-state index in [0.29, 0.717) is 11.5 Å². The average molecular weight is 363 g/mol. The van der Waals surface area contributed by atoms with Gasteiger partial charge in [0.2, 0.25) is 0 Å². The Morgan fingerprint density at radius 2 is 2.12 bits per heavy atom. The normalized spacial score (nSPS) is 19.6. The summed E-state index contributed by atoms with van der Waals surface area (Å²) in [5.41, 5.74) is 1.70. The Bertz CT molecular complexity index is 770. The van der Waals surface area contributed by atoms with Crippen molar-refractivity contribution in [2.45, 2.75) is 18.0 Å². The first-order valence-corrected chi connectivity index (χ1v) is 8.78. The van der Waals surface area contributed by atoms with Crippen LogP contribution in [0.2, 0.25) is 0 Å². The highest BCUT2D eigenvalue weighted by Crippen LogP contribution is 2.35. The van der Waals surface area contributed by atoms with E-state index in [0.717, 1.165) is 11.1 Å². The van der Waals surface area contributed by atoms with Gasteiger partial charge < -0.3 is 14.6 Å². The highest BCUT2D eigenvalue weighted by molar-refractivity contribution is 7.99. The standard InChI is InChI=1S/C18H18FNO4S/c1-23-15-7-6-11(17-20-14(10-25-17)18(21)22)8-12(15)9-24-16-5-3-2-4-13(16)19/h2-8,14,17,20H,9-10H2,1H3,(H,21,22). The zero-order valence-electron chi connectivity index (χ0n) is 13.6. The third-order valence-corrected chi connectivity index (χ3v) is 5.17. The predicted molar refractivity (Wildman–Crippen MR) is 93.5 cm³/mol. The molecule has 0 spiro atoms. The van der Waals surface area contributed by atoms with Gasteiger partial charge in [0.25, 0.3) is 0 Å². The molecule has 2 unspecified atom stereocenters. The number of carbonyl (C=O) groups is 1. The fourth-order valence-electron chi connectivity index (χ4n) is 2.60. The van der Waals surface area contributed by atoms with Crippen molar-refractivity contribution >= 4 is 17.7 Å². The van der Waals surface area contributed by atoms with Gasteiger partial charge in [0, 0.05) is 11.3 Å². The van der Waals surface area contributed by atoms with Gasteiger partial charge in [-0.2, -0.15) is 0 Å². The molecule has 3 rings (SSSR count). The molecular weight excluding hydrogens is 345 g/mol. The maximum Gasteiger partial charge on any atom is 0.321 e. The van der Waals surface area contributed by atoms with E-state index in [9.17, 15) is 9.18 Å². The summed E-state index contributed by atoms with van der Waals surface area (Å²) in [6.45, 7) is 0.150. The number of halogens is 1. The van der Waals surface area contributed by atoms with Crippen molar-refractivity contribution in [1.29, 1.82) is 0 Å². The van der Waals surface area contributed by atoms with Gasteiger partial charge in [-0.1, -0.05) is 18.2 Å². The second-order valence-electron chi connectivity index (χ2n) is 5.56. The topological polar surface area (TPSA) is 67.8 Å². The number of methoxy groups -OCH3 is 1. The van der Waals surface area contributed by atoms with Gasteiger partial charge in [-0.15, -0.1) is 11.8 Å². The minimum atomic E-state index is -0.855. The summed E-state index contributed by atoms with van der Waals surface area (Å²) < 4.78 is 24.6. The van der Waals surface area contributed by atoms with Crippen LogP contribution in [0.25, 0.3) is 0 Å². The average Bonchev–Trinajstić information content (AvgIpc) is 3.11. The van der Waals surface area contributed by atoms with Crippen LogP contribution in [-0.2, 0) is 11.4 Å². The molecule has 5 nitrogen and oxygen atoms in total. The van der Waals surface area contributed by atoms with Gasteiger partial charge >= 0.3 is 5.97 Å². The lowest BCUT2D eigenvalue weighted by Crippen LogP contribution is -2.33. The first-order chi connectivity index (χ1) is 12.1. The Hall–Kier alpha value is -2.25. The number of carboxylic acid groups (broad SMARTS) is 1. The van der Waals surface area contributed by atoms with Crippen LogP contribution in [0.3, 0.4) is 0 Å². The molecule has 1 fully saturated rings. The molecule has 0 aliphatic carbocycles. The maximum absolute atomic E-state index is 13.7. The van der Waals surface area contributed by atoms with Crippen molar-refractivity contribution in [2.75, 3.05) is 12.9 Å². The van der Waals surface area contributed by atoms with E-state index >= 15 is 0 Å². The Balaban J connectivity index is 1.76. The van der Waals surface area contributed by atoms with Crippen molar-refractivity contribution in [3.63, 3.8) is 0 Å². The van der Waals surface area contributed by atoms with E-state index in [1.807, 2.05) is 18.2 Å². The molecule has 0 bridgehead atoms. The van der Waals surface area contributed by atoms with Crippen molar-refractivity contribution in [1.82, 2.24) is 5.32 Å². The van der Waals surface area contributed by atoms with Crippen molar-refractivity contribution in [2.24, 2.45) is 0 Å². The summed E-state index contributed by atoms with van der Waals surface area (Å²) in [4.78, 5) is 11.1. The summed E-state index contributed by atoms with van der Waals surface area (Å²) >= 11 is 1.54. The number of aliphatic carboxylic acids is 1. The van der Waals surface area contributed by atoms with Crippen molar-refractivity contribution < 1.29 is 23.8 Å². The predicted octanol–water partition coefficient (Wildman–Crippen LogP) is 3.20. The number of thioether (sulfide) groups is 1. The first-order valence-electron chi connectivity index (χ1n) is 7.73. The summed E-state index contributed by atoms with van der Waals surface area (Å²) in [7, 11) is 1.56. The summed E-state index contributed by atoms with van der Waals surface area (Å²) in [5, 5.41) is 12.1. The van der Waals surface area contributed by atoms with Crippen molar-refractivity contribution in [3.05, 3.63) is 59.4 Å². The zero-order chi connectivity index (χ0) is 17.8. The number of rotatable bonds is 6. The minimum Gasteiger partial charge on any atom is -0.496 e. The lowest BCUT2D eigenvalue weighted by atomic mass is 10.1. The lowest BCUT2D eigenvalue weighted by Gasteiger charge is -2.16. The fourth-order valence-corrected chi connectivity index (χ4v) is 3.82. The highest BCUT2D eigenvalue weighted by Gasteiger charge is 2.30. The Labute approximate surface area is 149 Å². The van der Waals surface area contributed by atoms with Crippen LogP contribution in [0.5, 0.6) is 11.5 Å². The van der Waals surface area contributed by atoms with Crippen molar-refractivity contribution in [3.8, 4) is 11.5 Å². The Kier molecular flexibility index (Phi) is 5.45. The number of ether oxygens (including phenoxy) is 2. The minimum absolute atomic E-state index is 0.112.